The van der Waals surface area contributed by atoms with Crippen LogP contribution in [0.2, 0.25) is 0 Å². The molecule has 9 nitrogen and oxygen atoms in total. The van der Waals surface area contributed by atoms with Crippen molar-refractivity contribution in [1.82, 2.24) is 19.9 Å². The van der Waals surface area contributed by atoms with Crippen LogP contribution in [-0.4, -0.2) is 74.4 Å². The van der Waals surface area contributed by atoms with E-state index in [0.29, 0.717) is 18.8 Å². The minimum Gasteiger partial charge on any atom is -0.486 e. The summed E-state index contributed by atoms with van der Waals surface area (Å²) in [6.45, 7) is 2.91. The number of alkyl halides is 3. The molecule has 0 spiro atoms. The van der Waals surface area contributed by atoms with E-state index in [0.717, 1.165) is 24.3 Å². The van der Waals surface area contributed by atoms with Crippen LogP contribution in [0.4, 0.5) is 13.2 Å². The van der Waals surface area contributed by atoms with Gasteiger partial charge in [0.2, 0.25) is 0 Å². The molecule has 1 saturated heterocycles. The molecule has 2 aromatic heterocycles. The van der Waals surface area contributed by atoms with Crippen LogP contribution >= 0.6 is 0 Å². The molecule has 0 unspecified atom stereocenters. The highest BCUT2D eigenvalue weighted by molar-refractivity contribution is 5.92. The normalized spacial score (nSPS) is 22.4. The molecular formula is C20H21F3N4O5. The molecule has 172 valence electrons. The number of aromatic nitrogens is 3. The smallest absolute Gasteiger partial charge is 0.486 e. The minimum absolute atomic E-state index is 0.00558. The van der Waals surface area contributed by atoms with Crippen molar-refractivity contribution in [3.8, 4) is 5.75 Å². The van der Waals surface area contributed by atoms with Gasteiger partial charge >= 0.3 is 12.1 Å². The van der Waals surface area contributed by atoms with Gasteiger partial charge in [0.05, 0.1) is 30.7 Å². The lowest BCUT2D eigenvalue weighted by atomic mass is 10.1. The first-order valence-corrected chi connectivity index (χ1v) is 9.75. The highest BCUT2D eigenvalue weighted by Crippen LogP contribution is 2.33. The summed E-state index contributed by atoms with van der Waals surface area (Å²) in [5.41, 5.74) is 1.17. The number of amides is 1. The molecule has 3 heterocycles. The van der Waals surface area contributed by atoms with Crippen molar-refractivity contribution in [2.24, 2.45) is 0 Å². The van der Waals surface area contributed by atoms with Gasteiger partial charge < -0.3 is 19.5 Å². The summed E-state index contributed by atoms with van der Waals surface area (Å²) in [5, 5.41) is 7.12. The monoisotopic (exact) mass is 454 g/mol. The van der Waals surface area contributed by atoms with Crippen LogP contribution in [0, 0.1) is 6.92 Å². The topological polar surface area (TPSA) is 115 Å². The zero-order chi connectivity index (χ0) is 23.3. The Morgan fingerprint density at radius 3 is 2.56 bits per heavy atom. The molecule has 0 bridgehead atoms. The summed E-state index contributed by atoms with van der Waals surface area (Å²) >= 11 is 0. The molecule has 0 aromatic carbocycles. The second-order valence-corrected chi connectivity index (χ2v) is 7.17. The number of aryl methyl sites for hydroxylation is 1. The summed E-state index contributed by atoms with van der Waals surface area (Å²) in [4.78, 5) is 36.1. The molecule has 3 atom stereocenters. The number of nitrogens with zero attached hydrogens (tertiary/aromatic N) is 4. The van der Waals surface area contributed by atoms with Gasteiger partial charge in [0.25, 0.3) is 5.91 Å². The van der Waals surface area contributed by atoms with Gasteiger partial charge in [-0.25, -0.2) is 9.78 Å². The summed E-state index contributed by atoms with van der Waals surface area (Å²) in [6.07, 6.45) is 2.97. The molecule has 12 heteroatoms. The Morgan fingerprint density at radius 1 is 1.22 bits per heavy atom. The Bertz CT molecular complexity index is 927. The maximum absolute atomic E-state index is 12.8. The molecule has 1 aliphatic carbocycles. The number of carbonyl (C=O) groups is 2. The van der Waals surface area contributed by atoms with Gasteiger partial charge in [-0.1, -0.05) is 0 Å². The zero-order valence-corrected chi connectivity index (χ0v) is 17.0. The fourth-order valence-corrected chi connectivity index (χ4v) is 3.54. The molecule has 32 heavy (non-hydrogen) atoms. The SMILES string of the molecule is Cc1cnc(C(=O)N2CCO[C@H]3[C@@H](Oc4cccnc4)CC[C@@H]32)cn1.O=C(O)C(F)(F)F. The third-order valence-corrected chi connectivity index (χ3v) is 4.96. The number of carboxylic acid groups (broad SMARTS) is 1. The van der Waals surface area contributed by atoms with Gasteiger partial charge in [-0.2, -0.15) is 13.2 Å². The van der Waals surface area contributed by atoms with E-state index in [9.17, 15) is 18.0 Å². The average molecular weight is 454 g/mol. The van der Waals surface area contributed by atoms with E-state index in [-0.39, 0.29) is 24.2 Å². The number of hydrogen-bond acceptors (Lipinski definition) is 7. The largest absolute Gasteiger partial charge is 0.490 e. The maximum Gasteiger partial charge on any atom is 0.490 e. The highest BCUT2D eigenvalue weighted by atomic mass is 19.4. The summed E-state index contributed by atoms with van der Waals surface area (Å²) < 4.78 is 43.7. The van der Waals surface area contributed by atoms with Crippen LogP contribution in [-0.2, 0) is 9.53 Å². The first-order chi connectivity index (χ1) is 15.2. The van der Waals surface area contributed by atoms with Crippen LogP contribution in [0.5, 0.6) is 5.75 Å². The fraction of sp³-hybridized carbons (Fsp3) is 0.450. The number of fused-ring (bicyclic) bond motifs is 1. The van der Waals surface area contributed by atoms with Gasteiger partial charge in [0, 0.05) is 18.9 Å². The molecule has 2 aromatic rings. The number of aliphatic carboxylic acids is 1. The molecule has 1 N–H and O–H groups in total. The second kappa shape index (κ2) is 9.90. The molecule has 1 saturated carbocycles. The Labute approximate surface area is 181 Å². The molecular weight excluding hydrogens is 433 g/mol. The Hall–Kier alpha value is -3.28. The van der Waals surface area contributed by atoms with Crippen LogP contribution in [0.25, 0.3) is 0 Å². The van der Waals surface area contributed by atoms with E-state index in [1.54, 1.807) is 24.8 Å². The maximum atomic E-state index is 12.8. The van der Waals surface area contributed by atoms with Crippen LogP contribution < -0.4 is 4.74 Å². The van der Waals surface area contributed by atoms with Gasteiger partial charge in [0.15, 0.2) is 0 Å². The van der Waals surface area contributed by atoms with E-state index in [1.165, 1.54) is 0 Å². The predicted octanol–water partition coefficient (Wildman–Crippen LogP) is 2.26. The summed E-state index contributed by atoms with van der Waals surface area (Å²) in [5.74, 6) is -2.12. The standard InChI is InChI=1S/C18H20N4O3.C2HF3O2/c1-12-9-21-14(11-20-12)18(23)22-7-8-24-17-15(22)4-5-16(17)25-13-3-2-6-19-10-13;3-2(4,5)1(6)7/h2-3,6,9-11,15-17H,4-5,7-8H2,1H3;(H,6,7)/t15-,16-,17+;/m0./s1. The van der Waals surface area contributed by atoms with Crippen molar-refractivity contribution in [3.05, 3.63) is 48.3 Å². The van der Waals surface area contributed by atoms with Crippen LogP contribution in [0.3, 0.4) is 0 Å². The minimum atomic E-state index is -5.08. The lowest BCUT2D eigenvalue weighted by Crippen LogP contribution is -2.54. The van der Waals surface area contributed by atoms with Crippen molar-refractivity contribution in [3.63, 3.8) is 0 Å². The number of carboxylic acids is 1. The summed E-state index contributed by atoms with van der Waals surface area (Å²) in [7, 11) is 0. The third kappa shape index (κ3) is 5.69. The first kappa shape index (κ1) is 23.4. The lowest BCUT2D eigenvalue weighted by Gasteiger charge is -2.38. The molecule has 1 amide bonds. The number of hydrogen-bond donors (Lipinski definition) is 1. The van der Waals surface area contributed by atoms with E-state index in [2.05, 4.69) is 15.0 Å². The zero-order valence-electron chi connectivity index (χ0n) is 17.0. The molecule has 2 aliphatic rings. The fourth-order valence-electron chi connectivity index (χ4n) is 3.54. The molecule has 1 aliphatic heterocycles. The van der Waals surface area contributed by atoms with Gasteiger partial charge in [-0.05, 0) is 31.9 Å². The Morgan fingerprint density at radius 2 is 1.97 bits per heavy atom. The number of ether oxygens (including phenoxy) is 2. The third-order valence-electron chi connectivity index (χ3n) is 4.96. The number of halogens is 3. The quantitative estimate of drug-likeness (QED) is 0.751. The van der Waals surface area contributed by atoms with Crippen molar-refractivity contribution in [1.29, 1.82) is 0 Å². The van der Waals surface area contributed by atoms with Crippen molar-refractivity contribution in [2.45, 2.75) is 44.2 Å². The van der Waals surface area contributed by atoms with Gasteiger partial charge in [0.1, 0.15) is 23.7 Å². The number of rotatable bonds is 3. The van der Waals surface area contributed by atoms with Gasteiger partial charge in [-0.3, -0.25) is 14.8 Å². The van der Waals surface area contributed by atoms with Gasteiger partial charge in [-0.15, -0.1) is 0 Å². The van der Waals surface area contributed by atoms with E-state index in [1.807, 2.05) is 24.0 Å². The molecule has 2 fully saturated rings. The first-order valence-electron chi connectivity index (χ1n) is 9.75. The van der Waals surface area contributed by atoms with E-state index < -0.39 is 12.1 Å². The van der Waals surface area contributed by atoms with Crippen molar-refractivity contribution in [2.75, 3.05) is 13.2 Å². The van der Waals surface area contributed by atoms with Crippen LogP contribution in [0.1, 0.15) is 29.0 Å². The number of morpholine rings is 1. The predicted molar refractivity (Wildman–Crippen MR) is 103 cm³/mol. The van der Waals surface area contributed by atoms with E-state index >= 15 is 0 Å². The van der Waals surface area contributed by atoms with E-state index in [4.69, 9.17) is 19.4 Å². The summed E-state index contributed by atoms with van der Waals surface area (Å²) in [6, 6.07) is 3.73. The number of pyridine rings is 1. The molecule has 0 radical (unpaired) electrons. The molecule has 4 rings (SSSR count). The highest BCUT2D eigenvalue weighted by Gasteiger charge is 2.46. The Kier molecular flexibility index (Phi) is 7.23. The Balaban J connectivity index is 0.000000360. The van der Waals surface area contributed by atoms with Crippen molar-refractivity contribution >= 4 is 11.9 Å². The number of carbonyl (C=O) groups excluding carboxylic acids is 1. The van der Waals surface area contributed by atoms with Crippen molar-refractivity contribution < 1.29 is 37.3 Å². The second-order valence-electron chi connectivity index (χ2n) is 7.17. The van der Waals surface area contributed by atoms with Crippen LogP contribution in [0.15, 0.2) is 36.9 Å². The average Bonchev–Trinajstić information content (AvgIpc) is 3.17. The lowest BCUT2D eigenvalue weighted by molar-refractivity contribution is -0.192.